The fourth-order valence-corrected chi connectivity index (χ4v) is 3.48. The molecule has 0 saturated heterocycles. The molecule has 1 N–H and O–H groups in total. The lowest BCUT2D eigenvalue weighted by molar-refractivity contribution is -0.137. The molecule has 0 spiro atoms. The van der Waals surface area contributed by atoms with Gasteiger partial charge in [0.2, 0.25) is 0 Å². The Kier molecular flexibility index (Phi) is 8.51. The van der Waals surface area contributed by atoms with Crippen LogP contribution in [0.25, 0.3) is 0 Å². The van der Waals surface area contributed by atoms with E-state index in [0.29, 0.717) is 43.9 Å². The van der Waals surface area contributed by atoms with Crippen molar-refractivity contribution in [3.05, 3.63) is 85.8 Å². The Morgan fingerprint density at radius 2 is 1.67 bits per heavy atom. The predicted octanol–water partition coefficient (Wildman–Crippen LogP) is 8.20. The van der Waals surface area contributed by atoms with Gasteiger partial charge < -0.3 is 9.47 Å². The number of benzene rings is 3. The quantitative estimate of drug-likeness (QED) is 0.223. The second-order valence-corrected chi connectivity index (χ2v) is 8.40. The fraction of sp³-hybridized carbons (Fsp3) is 0.174. The summed E-state index contributed by atoms with van der Waals surface area (Å²) in [6.07, 6.45) is -2.86. The van der Waals surface area contributed by atoms with Crippen molar-refractivity contribution >= 4 is 51.0 Å². The zero-order valence-corrected chi connectivity index (χ0v) is 20.3. The van der Waals surface area contributed by atoms with Crippen molar-refractivity contribution in [3.63, 3.8) is 0 Å². The minimum Gasteiger partial charge on any atom is -0.490 e. The van der Waals surface area contributed by atoms with Crippen LogP contribution in [0.5, 0.6) is 11.5 Å². The number of hydrogen-bond acceptors (Lipinski definition) is 4. The maximum Gasteiger partial charge on any atom is 0.416 e. The van der Waals surface area contributed by atoms with Gasteiger partial charge in [0.05, 0.1) is 34.1 Å². The number of hydrogen-bond donors (Lipinski definition) is 1. The Morgan fingerprint density at radius 1 is 0.970 bits per heavy atom. The fourth-order valence-electron chi connectivity index (χ4n) is 2.73. The van der Waals surface area contributed by atoms with Crippen molar-refractivity contribution in [2.75, 3.05) is 12.0 Å². The summed E-state index contributed by atoms with van der Waals surface area (Å²) in [6, 6.07) is 13.3. The maximum atomic E-state index is 12.7. The normalized spacial score (nSPS) is 11.6. The smallest absolute Gasteiger partial charge is 0.416 e. The van der Waals surface area contributed by atoms with Crippen LogP contribution >= 0.6 is 39.1 Å². The number of halogens is 6. The monoisotopic (exact) mass is 560 g/mol. The standard InChI is InChI=1S/C23H18BrCl2F3N2O2/c1-2-32-21-10-15(12-30-31-17-6-4-16(5-7-17)23(27,28)29)18(24)11-22(21)33-13-14-3-8-19(25)20(26)9-14/h3-12,31H,2,13H2,1H3/b30-12+. The molecule has 0 amide bonds. The summed E-state index contributed by atoms with van der Waals surface area (Å²) in [5, 5.41) is 5.00. The van der Waals surface area contributed by atoms with Gasteiger partial charge in [0.25, 0.3) is 0 Å². The molecule has 0 aliphatic rings. The third-order valence-electron chi connectivity index (χ3n) is 4.35. The van der Waals surface area contributed by atoms with Crippen LogP contribution < -0.4 is 14.9 Å². The average Bonchev–Trinajstić information content (AvgIpc) is 2.77. The summed E-state index contributed by atoms with van der Waals surface area (Å²) in [6.45, 7) is 2.53. The van der Waals surface area contributed by atoms with E-state index in [1.54, 1.807) is 24.3 Å². The van der Waals surface area contributed by atoms with Crippen LogP contribution in [0.2, 0.25) is 10.0 Å². The Bertz CT molecular complexity index is 1140. The highest BCUT2D eigenvalue weighted by Gasteiger charge is 2.29. The molecule has 3 aromatic rings. The van der Waals surface area contributed by atoms with Crippen molar-refractivity contribution in [2.24, 2.45) is 5.10 Å². The lowest BCUT2D eigenvalue weighted by Gasteiger charge is -2.14. The summed E-state index contributed by atoms with van der Waals surface area (Å²) in [7, 11) is 0. The molecule has 4 nitrogen and oxygen atoms in total. The molecule has 3 rings (SSSR count). The van der Waals surface area contributed by atoms with Crippen molar-refractivity contribution in [1.29, 1.82) is 0 Å². The number of ether oxygens (including phenoxy) is 2. The largest absolute Gasteiger partial charge is 0.490 e. The number of hydrazone groups is 1. The van der Waals surface area contributed by atoms with Gasteiger partial charge in [0.15, 0.2) is 11.5 Å². The third kappa shape index (κ3) is 7.03. The molecule has 0 bridgehead atoms. The van der Waals surface area contributed by atoms with E-state index in [-0.39, 0.29) is 6.61 Å². The summed E-state index contributed by atoms with van der Waals surface area (Å²) < 4.78 is 50.3. The third-order valence-corrected chi connectivity index (χ3v) is 5.78. The summed E-state index contributed by atoms with van der Waals surface area (Å²) in [5.74, 6) is 1.03. The number of anilines is 1. The van der Waals surface area contributed by atoms with Crippen LogP contribution in [0.15, 0.2) is 64.2 Å². The van der Waals surface area contributed by atoms with Gasteiger partial charge in [0.1, 0.15) is 6.61 Å². The second-order valence-electron chi connectivity index (χ2n) is 6.74. The summed E-state index contributed by atoms with van der Waals surface area (Å²) in [4.78, 5) is 0. The molecule has 0 atom stereocenters. The number of rotatable bonds is 8. The lowest BCUT2D eigenvalue weighted by atomic mass is 10.2. The van der Waals surface area contributed by atoms with Crippen LogP contribution in [0.4, 0.5) is 18.9 Å². The van der Waals surface area contributed by atoms with Gasteiger partial charge in [-0.25, -0.2) is 0 Å². The molecular weight excluding hydrogens is 544 g/mol. The summed E-state index contributed by atoms with van der Waals surface area (Å²) >= 11 is 15.5. The Morgan fingerprint density at radius 3 is 2.30 bits per heavy atom. The first-order valence-electron chi connectivity index (χ1n) is 9.66. The number of nitrogens with zero attached hydrogens (tertiary/aromatic N) is 1. The molecule has 0 aliphatic carbocycles. The Balaban J connectivity index is 1.72. The van der Waals surface area contributed by atoms with Crippen LogP contribution in [-0.2, 0) is 12.8 Å². The van der Waals surface area contributed by atoms with E-state index in [4.69, 9.17) is 32.7 Å². The summed E-state index contributed by atoms with van der Waals surface area (Å²) in [5.41, 5.74) is 3.92. The zero-order valence-electron chi connectivity index (χ0n) is 17.2. The van der Waals surface area contributed by atoms with Crippen molar-refractivity contribution < 1.29 is 22.6 Å². The van der Waals surface area contributed by atoms with E-state index in [1.165, 1.54) is 18.3 Å². The second kappa shape index (κ2) is 11.1. The molecule has 0 unspecified atom stereocenters. The van der Waals surface area contributed by atoms with E-state index >= 15 is 0 Å². The van der Waals surface area contributed by atoms with Crippen LogP contribution in [0.1, 0.15) is 23.6 Å². The molecule has 3 aromatic carbocycles. The van der Waals surface area contributed by atoms with Gasteiger partial charge in [0, 0.05) is 10.0 Å². The van der Waals surface area contributed by atoms with E-state index in [2.05, 4.69) is 26.5 Å². The molecule has 174 valence electrons. The first-order valence-corrected chi connectivity index (χ1v) is 11.2. The first-order chi connectivity index (χ1) is 15.7. The van der Waals surface area contributed by atoms with E-state index < -0.39 is 11.7 Å². The van der Waals surface area contributed by atoms with Gasteiger partial charge in [-0.3, -0.25) is 5.43 Å². The maximum absolute atomic E-state index is 12.7. The average molecular weight is 562 g/mol. The minimum atomic E-state index is -4.38. The van der Waals surface area contributed by atoms with Crippen LogP contribution in [0.3, 0.4) is 0 Å². The molecule has 0 aromatic heterocycles. The Hall–Kier alpha value is -2.42. The lowest BCUT2D eigenvalue weighted by Crippen LogP contribution is -2.04. The van der Waals surface area contributed by atoms with Crippen LogP contribution in [-0.4, -0.2) is 12.8 Å². The molecule has 0 radical (unpaired) electrons. The first kappa shape index (κ1) is 25.2. The number of alkyl halides is 3. The van der Waals surface area contributed by atoms with E-state index in [1.807, 2.05) is 13.0 Å². The van der Waals surface area contributed by atoms with Gasteiger partial charge in [-0.05, 0) is 76.9 Å². The van der Waals surface area contributed by atoms with Gasteiger partial charge >= 0.3 is 6.18 Å². The van der Waals surface area contributed by atoms with Gasteiger partial charge in [-0.15, -0.1) is 0 Å². The van der Waals surface area contributed by atoms with Crippen LogP contribution in [0, 0.1) is 0 Å². The van der Waals surface area contributed by atoms with Gasteiger partial charge in [-0.1, -0.05) is 29.3 Å². The predicted molar refractivity (Wildman–Crippen MR) is 129 cm³/mol. The van der Waals surface area contributed by atoms with Gasteiger partial charge in [-0.2, -0.15) is 18.3 Å². The van der Waals surface area contributed by atoms with Crippen molar-refractivity contribution in [2.45, 2.75) is 19.7 Å². The highest BCUT2D eigenvalue weighted by Crippen LogP contribution is 2.34. The molecule has 10 heteroatoms. The molecule has 0 aliphatic heterocycles. The number of nitrogens with one attached hydrogen (secondary N) is 1. The topological polar surface area (TPSA) is 42.8 Å². The zero-order chi connectivity index (χ0) is 24.0. The minimum absolute atomic E-state index is 0.256. The molecular formula is C23H18BrCl2F3N2O2. The molecule has 33 heavy (non-hydrogen) atoms. The molecule has 0 heterocycles. The highest BCUT2D eigenvalue weighted by atomic mass is 79.9. The molecule has 0 saturated carbocycles. The highest BCUT2D eigenvalue weighted by molar-refractivity contribution is 9.10. The Labute approximate surface area is 207 Å². The van der Waals surface area contributed by atoms with Crippen molar-refractivity contribution in [3.8, 4) is 11.5 Å². The SMILES string of the molecule is CCOc1cc(/C=N/Nc2ccc(C(F)(F)F)cc2)c(Br)cc1OCc1ccc(Cl)c(Cl)c1. The van der Waals surface area contributed by atoms with E-state index in [9.17, 15) is 13.2 Å². The van der Waals surface area contributed by atoms with Crippen molar-refractivity contribution in [1.82, 2.24) is 0 Å². The molecule has 0 fully saturated rings. The van der Waals surface area contributed by atoms with E-state index in [0.717, 1.165) is 17.7 Å².